The van der Waals surface area contributed by atoms with Gasteiger partial charge in [0.2, 0.25) is 0 Å². The minimum atomic E-state index is -0.705. The van der Waals surface area contributed by atoms with Crippen molar-refractivity contribution in [1.29, 1.82) is 0 Å². The SMILES string of the molecule is CC(Oc1ccc(F)cc1Cl)C(=O)NC1CCCCC1CN. The lowest BCUT2D eigenvalue weighted by Crippen LogP contribution is -2.48. The van der Waals surface area contributed by atoms with E-state index in [1.54, 1.807) is 6.92 Å². The van der Waals surface area contributed by atoms with Crippen LogP contribution in [0.5, 0.6) is 5.75 Å². The number of benzene rings is 1. The number of rotatable bonds is 5. The molecule has 3 unspecified atom stereocenters. The summed E-state index contributed by atoms with van der Waals surface area (Å²) >= 11 is 5.90. The molecule has 0 spiro atoms. The van der Waals surface area contributed by atoms with Crippen molar-refractivity contribution in [2.24, 2.45) is 11.7 Å². The first-order chi connectivity index (χ1) is 10.5. The van der Waals surface area contributed by atoms with Crippen molar-refractivity contribution < 1.29 is 13.9 Å². The van der Waals surface area contributed by atoms with E-state index in [0.29, 0.717) is 18.2 Å². The van der Waals surface area contributed by atoms with Crippen LogP contribution >= 0.6 is 11.6 Å². The van der Waals surface area contributed by atoms with Gasteiger partial charge in [0, 0.05) is 6.04 Å². The number of ether oxygens (including phenoxy) is 1. The summed E-state index contributed by atoms with van der Waals surface area (Å²) in [4.78, 5) is 12.3. The molecule has 1 aromatic rings. The summed E-state index contributed by atoms with van der Waals surface area (Å²) in [5.41, 5.74) is 5.77. The van der Waals surface area contributed by atoms with Crippen LogP contribution in [0.3, 0.4) is 0 Å². The van der Waals surface area contributed by atoms with E-state index in [4.69, 9.17) is 22.1 Å². The Hall–Kier alpha value is -1.33. The van der Waals surface area contributed by atoms with Crippen molar-refractivity contribution in [3.63, 3.8) is 0 Å². The quantitative estimate of drug-likeness (QED) is 0.873. The maximum atomic E-state index is 13.0. The van der Waals surface area contributed by atoms with Crippen molar-refractivity contribution in [3.8, 4) is 5.75 Å². The van der Waals surface area contributed by atoms with Gasteiger partial charge in [-0.2, -0.15) is 0 Å². The molecule has 1 fully saturated rings. The van der Waals surface area contributed by atoms with Crippen molar-refractivity contribution in [2.45, 2.75) is 44.8 Å². The Balaban J connectivity index is 1.94. The summed E-state index contributed by atoms with van der Waals surface area (Å²) < 4.78 is 18.5. The van der Waals surface area contributed by atoms with Gasteiger partial charge in [-0.05, 0) is 50.4 Å². The molecule has 0 aliphatic heterocycles. The largest absolute Gasteiger partial charge is 0.479 e. The Labute approximate surface area is 135 Å². The van der Waals surface area contributed by atoms with Crippen molar-refractivity contribution in [1.82, 2.24) is 5.32 Å². The Morgan fingerprint density at radius 3 is 2.91 bits per heavy atom. The first-order valence-corrected chi connectivity index (χ1v) is 8.01. The molecule has 0 radical (unpaired) electrons. The summed E-state index contributed by atoms with van der Waals surface area (Å²) in [6.45, 7) is 2.22. The molecular weight excluding hydrogens is 307 g/mol. The lowest BCUT2D eigenvalue weighted by atomic mass is 9.84. The van der Waals surface area contributed by atoms with Crippen LogP contribution in [0, 0.1) is 11.7 Å². The molecule has 0 heterocycles. The molecule has 0 bridgehead atoms. The number of carbonyl (C=O) groups is 1. The second-order valence-electron chi connectivity index (χ2n) is 5.73. The van der Waals surface area contributed by atoms with E-state index < -0.39 is 11.9 Å². The second-order valence-corrected chi connectivity index (χ2v) is 6.14. The van der Waals surface area contributed by atoms with E-state index in [1.165, 1.54) is 12.1 Å². The highest BCUT2D eigenvalue weighted by Crippen LogP contribution is 2.26. The number of nitrogens with one attached hydrogen (secondary N) is 1. The fourth-order valence-electron chi connectivity index (χ4n) is 2.79. The minimum absolute atomic E-state index is 0.0981. The number of hydrogen-bond donors (Lipinski definition) is 2. The molecule has 3 atom stereocenters. The van der Waals surface area contributed by atoms with Gasteiger partial charge < -0.3 is 15.8 Å². The molecule has 2 rings (SSSR count). The maximum absolute atomic E-state index is 13.0. The molecule has 0 saturated heterocycles. The molecule has 22 heavy (non-hydrogen) atoms. The number of hydrogen-bond acceptors (Lipinski definition) is 3. The first-order valence-electron chi connectivity index (χ1n) is 7.63. The second kappa shape index (κ2) is 7.79. The van der Waals surface area contributed by atoms with Crippen molar-refractivity contribution in [2.75, 3.05) is 6.54 Å². The van der Waals surface area contributed by atoms with Gasteiger partial charge >= 0.3 is 0 Å². The van der Waals surface area contributed by atoms with Gasteiger partial charge in [0.1, 0.15) is 11.6 Å². The summed E-state index contributed by atoms with van der Waals surface area (Å²) in [6, 6.07) is 3.93. The van der Waals surface area contributed by atoms with E-state index in [9.17, 15) is 9.18 Å². The average molecular weight is 329 g/mol. The molecule has 1 aromatic carbocycles. The zero-order chi connectivity index (χ0) is 16.1. The van der Waals surface area contributed by atoms with Gasteiger partial charge in [0.25, 0.3) is 5.91 Å². The number of amides is 1. The Kier molecular flexibility index (Phi) is 6.03. The van der Waals surface area contributed by atoms with Crippen LogP contribution in [0.25, 0.3) is 0 Å². The molecule has 3 N–H and O–H groups in total. The molecule has 1 amide bonds. The normalized spacial score (nSPS) is 22.9. The van der Waals surface area contributed by atoms with Crippen LogP contribution in [0.4, 0.5) is 4.39 Å². The molecule has 1 aliphatic rings. The van der Waals surface area contributed by atoms with Gasteiger partial charge in [0.05, 0.1) is 5.02 Å². The predicted octanol–water partition coefficient (Wildman–Crippen LogP) is 2.88. The summed E-state index contributed by atoms with van der Waals surface area (Å²) in [6.07, 6.45) is 3.53. The molecule has 122 valence electrons. The highest BCUT2D eigenvalue weighted by Gasteiger charge is 2.27. The van der Waals surface area contributed by atoms with E-state index in [2.05, 4.69) is 5.32 Å². The van der Waals surface area contributed by atoms with E-state index in [0.717, 1.165) is 31.7 Å². The van der Waals surface area contributed by atoms with Gasteiger partial charge in [-0.1, -0.05) is 24.4 Å². The van der Waals surface area contributed by atoms with Crippen LogP contribution in [0.2, 0.25) is 5.02 Å². The topological polar surface area (TPSA) is 64.3 Å². The monoisotopic (exact) mass is 328 g/mol. The summed E-state index contributed by atoms with van der Waals surface area (Å²) in [7, 11) is 0. The zero-order valence-electron chi connectivity index (χ0n) is 12.6. The molecule has 0 aromatic heterocycles. The molecule has 4 nitrogen and oxygen atoms in total. The van der Waals surface area contributed by atoms with Crippen LogP contribution in [0.15, 0.2) is 18.2 Å². The smallest absolute Gasteiger partial charge is 0.261 e. The lowest BCUT2D eigenvalue weighted by molar-refractivity contribution is -0.128. The first kappa shape index (κ1) is 17.0. The summed E-state index contributed by atoms with van der Waals surface area (Å²) in [5.74, 6) is -0.0303. The van der Waals surface area contributed by atoms with Gasteiger partial charge in [-0.25, -0.2) is 4.39 Å². The summed E-state index contributed by atoms with van der Waals surface area (Å²) in [5, 5.41) is 3.16. The number of carbonyl (C=O) groups excluding carboxylic acids is 1. The number of nitrogens with two attached hydrogens (primary N) is 1. The van der Waals surface area contributed by atoms with Gasteiger partial charge in [-0.3, -0.25) is 4.79 Å². The Bertz CT molecular complexity index is 527. The third-order valence-corrected chi connectivity index (χ3v) is 4.40. The molecule has 6 heteroatoms. The van der Waals surface area contributed by atoms with Gasteiger partial charge in [0.15, 0.2) is 6.10 Å². The number of halogens is 2. The molecule has 1 aliphatic carbocycles. The third-order valence-electron chi connectivity index (χ3n) is 4.11. The highest BCUT2D eigenvalue weighted by molar-refractivity contribution is 6.32. The van der Waals surface area contributed by atoms with E-state index >= 15 is 0 Å². The van der Waals surface area contributed by atoms with Gasteiger partial charge in [-0.15, -0.1) is 0 Å². The Morgan fingerprint density at radius 2 is 2.23 bits per heavy atom. The highest BCUT2D eigenvalue weighted by atomic mass is 35.5. The van der Waals surface area contributed by atoms with E-state index in [1.807, 2.05) is 0 Å². The fourth-order valence-corrected chi connectivity index (χ4v) is 3.01. The Morgan fingerprint density at radius 1 is 1.50 bits per heavy atom. The third kappa shape index (κ3) is 4.34. The lowest BCUT2D eigenvalue weighted by Gasteiger charge is -2.32. The van der Waals surface area contributed by atoms with Crippen LogP contribution in [-0.4, -0.2) is 24.6 Å². The zero-order valence-corrected chi connectivity index (χ0v) is 13.4. The van der Waals surface area contributed by atoms with E-state index in [-0.39, 0.29) is 17.0 Å². The van der Waals surface area contributed by atoms with Crippen LogP contribution in [0.1, 0.15) is 32.6 Å². The van der Waals surface area contributed by atoms with Crippen LogP contribution in [-0.2, 0) is 4.79 Å². The fraction of sp³-hybridized carbons (Fsp3) is 0.562. The molecule has 1 saturated carbocycles. The maximum Gasteiger partial charge on any atom is 0.261 e. The predicted molar refractivity (Wildman–Crippen MR) is 84.4 cm³/mol. The minimum Gasteiger partial charge on any atom is -0.479 e. The van der Waals surface area contributed by atoms with Crippen LogP contribution < -0.4 is 15.8 Å². The van der Waals surface area contributed by atoms with Crippen molar-refractivity contribution in [3.05, 3.63) is 29.0 Å². The van der Waals surface area contributed by atoms with Crippen molar-refractivity contribution >= 4 is 17.5 Å². The average Bonchev–Trinajstić information content (AvgIpc) is 2.50. The standard InChI is InChI=1S/C16H22ClFN2O2/c1-10(22-15-7-6-12(18)8-13(15)17)16(21)20-14-5-3-2-4-11(14)9-19/h6-8,10-11,14H,2-5,9,19H2,1H3,(H,20,21). The molecular formula is C16H22ClFN2O2.